The molecule has 0 atom stereocenters. The van der Waals surface area contributed by atoms with E-state index in [1.807, 2.05) is 0 Å². The molecule has 11 heteroatoms. The number of ether oxygens (including phenoxy) is 1. The minimum Gasteiger partial charge on any atom is -0.444 e. The van der Waals surface area contributed by atoms with Crippen molar-refractivity contribution < 1.29 is 17.9 Å². The standard InChI is InChI=1S/C16H24N6O4S/c1-9-13(10(2)18-17-9)27(24,25)21-14-11-8-22(7-6-12(11)19-20-14)15(23)26-16(3,4)5/h6-8H2,1-5H3,(H,17,18)(H2,19,20,21). The van der Waals surface area contributed by atoms with Gasteiger partial charge in [0.05, 0.1) is 17.9 Å². The van der Waals surface area contributed by atoms with Crippen LogP contribution in [-0.4, -0.2) is 52.0 Å². The highest BCUT2D eigenvalue weighted by atomic mass is 32.2. The Balaban J connectivity index is 1.84. The minimum atomic E-state index is -3.86. The number of hydrogen-bond acceptors (Lipinski definition) is 6. The fourth-order valence-electron chi connectivity index (χ4n) is 2.98. The lowest BCUT2D eigenvalue weighted by molar-refractivity contribution is 0.0224. The van der Waals surface area contributed by atoms with Gasteiger partial charge in [0.25, 0.3) is 10.0 Å². The normalized spacial score (nSPS) is 14.8. The summed E-state index contributed by atoms with van der Waals surface area (Å²) in [5.41, 5.74) is 1.65. The summed E-state index contributed by atoms with van der Waals surface area (Å²) in [6.45, 7) is 9.33. The molecule has 3 rings (SSSR count). The summed E-state index contributed by atoms with van der Waals surface area (Å²) in [6, 6.07) is 0. The zero-order valence-electron chi connectivity index (χ0n) is 16.0. The third-order valence-corrected chi connectivity index (χ3v) is 5.75. The van der Waals surface area contributed by atoms with E-state index >= 15 is 0 Å². The van der Waals surface area contributed by atoms with Crippen molar-refractivity contribution in [2.45, 2.75) is 58.1 Å². The van der Waals surface area contributed by atoms with Gasteiger partial charge in [0, 0.05) is 24.2 Å². The number of carbonyl (C=O) groups is 1. The van der Waals surface area contributed by atoms with Crippen LogP contribution in [0.3, 0.4) is 0 Å². The smallest absolute Gasteiger partial charge is 0.410 e. The maximum absolute atomic E-state index is 12.8. The second-order valence-corrected chi connectivity index (χ2v) is 9.17. The van der Waals surface area contributed by atoms with Crippen LogP contribution in [0, 0.1) is 13.8 Å². The van der Waals surface area contributed by atoms with Crippen molar-refractivity contribution in [2.24, 2.45) is 0 Å². The highest BCUT2D eigenvalue weighted by Gasteiger charge is 2.31. The third kappa shape index (κ3) is 3.92. The lowest BCUT2D eigenvalue weighted by Crippen LogP contribution is -2.40. The molecule has 3 N–H and O–H groups in total. The SMILES string of the molecule is Cc1n[nH]c(C)c1S(=O)(=O)Nc1n[nH]c2c1CN(C(=O)OC(C)(C)C)CC2. The van der Waals surface area contributed by atoms with Gasteiger partial charge in [-0.3, -0.25) is 14.9 Å². The number of sulfonamides is 1. The van der Waals surface area contributed by atoms with Crippen molar-refractivity contribution in [3.63, 3.8) is 0 Å². The van der Waals surface area contributed by atoms with E-state index in [2.05, 4.69) is 25.1 Å². The van der Waals surface area contributed by atoms with Crippen LogP contribution < -0.4 is 4.72 Å². The largest absolute Gasteiger partial charge is 0.444 e. The maximum Gasteiger partial charge on any atom is 0.410 e. The van der Waals surface area contributed by atoms with E-state index in [4.69, 9.17) is 4.74 Å². The van der Waals surface area contributed by atoms with Gasteiger partial charge in [-0.25, -0.2) is 13.2 Å². The van der Waals surface area contributed by atoms with Crippen LogP contribution in [0.25, 0.3) is 0 Å². The molecule has 1 amide bonds. The number of aromatic amines is 2. The van der Waals surface area contributed by atoms with E-state index in [9.17, 15) is 13.2 Å². The molecule has 27 heavy (non-hydrogen) atoms. The molecule has 0 unspecified atom stereocenters. The van der Waals surface area contributed by atoms with Crippen LogP contribution in [0.15, 0.2) is 4.90 Å². The zero-order chi connectivity index (χ0) is 20.0. The Hall–Kier alpha value is -2.56. The molecule has 1 aliphatic heterocycles. The number of anilines is 1. The van der Waals surface area contributed by atoms with Gasteiger partial charge < -0.3 is 9.64 Å². The predicted octanol–water partition coefficient (Wildman–Crippen LogP) is 1.84. The molecule has 0 aromatic carbocycles. The topological polar surface area (TPSA) is 133 Å². The second kappa shape index (κ2) is 6.55. The van der Waals surface area contributed by atoms with Crippen LogP contribution in [0.2, 0.25) is 0 Å². The van der Waals surface area contributed by atoms with Crippen molar-refractivity contribution >= 4 is 21.9 Å². The van der Waals surface area contributed by atoms with E-state index in [1.165, 1.54) is 4.90 Å². The number of aromatic nitrogens is 4. The second-order valence-electron chi connectivity index (χ2n) is 7.55. The van der Waals surface area contributed by atoms with Crippen LogP contribution in [-0.2, 0) is 27.7 Å². The van der Waals surface area contributed by atoms with Gasteiger partial charge in [0.15, 0.2) is 5.82 Å². The Labute approximate surface area is 157 Å². The molecule has 3 heterocycles. The van der Waals surface area contributed by atoms with Crippen molar-refractivity contribution in [1.29, 1.82) is 0 Å². The summed E-state index contributed by atoms with van der Waals surface area (Å²) in [6.07, 6.45) is 0.0947. The Morgan fingerprint density at radius 2 is 1.93 bits per heavy atom. The van der Waals surface area contributed by atoms with E-state index in [0.29, 0.717) is 29.9 Å². The number of nitrogens with zero attached hydrogens (tertiary/aromatic N) is 3. The van der Waals surface area contributed by atoms with Crippen molar-refractivity contribution in [2.75, 3.05) is 11.3 Å². The van der Waals surface area contributed by atoms with Gasteiger partial charge in [0.2, 0.25) is 0 Å². The number of nitrogens with one attached hydrogen (secondary N) is 3. The summed E-state index contributed by atoms with van der Waals surface area (Å²) < 4.78 is 33.4. The van der Waals surface area contributed by atoms with E-state index in [-0.39, 0.29) is 17.3 Å². The number of carbonyl (C=O) groups excluding carboxylic acids is 1. The number of amides is 1. The first-order valence-corrected chi connectivity index (χ1v) is 10.0. The zero-order valence-corrected chi connectivity index (χ0v) is 16.8. The summed E-state index contributed by atoms with van der Waals surface area (Å²) in [7, 11) is -3.86. The lowest BCUT2D eigenvalue weighted by Gasteiger charge is -2.30. The Bertz CT molecular complexity index is 950. The van der Waals surface area contributed by atoms with E-state index in [0.717, 1.165) is 5.69 Å². The van der Waals surface area contributed by atoms with Crippen LogP contribution >= 0.6 is 0 Å². The molecular weight excluding hydrogens is 372 g/mol. The van der Waals surface area contributed by atoms with Gasteiger partial charge in [-0.2, -0.15) is 10.2 Å². The molecule has 0 aliphatic carbocycles. The number of aryl methyl sites for hydroxylation is 2. The Kier molecular flexibility index (Phi) is 4.66. The van der Waals surface area contributed by atoms with E-state index < -0.39 is 21.7 Å². The number of rotatable bonds is 3. The highest BCUT2D eigenvalue weighted by molar-refractivity contribution is 7.92. The van der Waals surface area contributed by atoms with Crippen molar-refractivity contribution in [3.05, 3.63) is 22.6 Å². The van der Waals surface area contributed by atoms with Crippen molar-refractivity contribution in [3.8, 4) is 0 Å². The number of H-pyrrole nitrogens is 2. The lowest BCUT2D eigenvalue weighted by atomic mass is 10.1. The molecule has 1 aliphatic rings. The van der Waals surface area contributed by atoms with Crippen LogP contribution in [0.5, 0.6) is 0 Å². The highest BCUT2D eigenvalue weighted by Crippen LogP contribution is 2.28. The summed E-state index contributed by atoms with van der Waals surface area (Å²) >= 11 is 0. The molecule has 0 fully saturated rings. The van der Waals surface area contributed by atoms with Gasteiger partial charge in [-0.05, 0) is 34.6 Å². The van der Waals surface area contributed by atoms with Gasteiger partial charge in [-0.15, -0.1) is 0 Å². The first kappa shape index (κ1) is 19.2. The quantitative estimate of drug-likeness (QED) is 0.725. The maximum atomic E-state index is 12.8. The van der Waals surface area contributed by atoms with Crippen LogP contribution in [0.4, 0.5) is 10.6 Å². The van der Waals surface area contributed by atoms with Crippen molar-refractivity contribution in [1.82, 2.24) is 25.3 Å². The fourth-order valence-corrected chi connectivity index (χ4v) is 4.39. The molecule has 0 spiro atoms. The van der Waals surface area contributed by atoms with Gasteiger partial charge >= 0.3 is 6.09 Å². The van der Waals surface area contributed by atoms with E-state index in [1.54, 1.807) is 34.6 Å². The molecule has 10 nitrogen and oxygen atoms in total. The fraction of sp³-hybridized carbons (Fsp3) is 0.562. The molecular formula is C16H24N6O4S. The van der Waals surface area contributed by atoms with Crippen LogP contribution in [0.1, 0.15) is 43.4 Å². The predicted molar refractivity (Wildman–Crippen MR) is 97.8 cm³/mol. The summed E-state index contributed by atoms with van der Waals surface area (Å²) in [5, 5.41) is 13.5. The molecule has 2 aromatic heterocycles. The first-order valence-electron chi connectivity index (χ1n) is 8.56. The molecule has 0 saturated carbocycles. The average molecular weight is 396 g/mol. The number of hydrogen-bond donors (Lipinski definition) is 3. The molecule has 148 valence electrons. The van der Waals surface area contributed by atoms with Gasteiger partial charge in [-0.1, -0.05) is 0 Å². The minimum absolute atomic E-state index is 0.0963. The average Bonchev–Trinajstić information content (AvgIpc) is 3.08. The summed E-state index contributed by atoms with van der Waals surface area (Å²) in [4.78, 5) is 14.0. The molecule has 0 saturated heterocycles. The third-order valence-electron chi connectivity index (χ3n) is 4.15. The Morgan fingerprint density at radius 1 is 1.22 bits per heavy atom. The monoisotopic (exact) mass is 396 g/mol. The molecule has 0 bridgehead atoms. The Morgan fingerprint density at radius 3 is 2.52 bits per heavy atom. The number of fused-ring (bicyclic) bond motifs is 1. The molecule has 2 aromatic rings. The molecule has 0 radical (unpaired) electrons. The van der Waals surface area contributed by atoms with Gasteiger partial charge in [0.1, 0.15) is 10.5 Å². The summed E-state index contributed by atoms with van der Waals surface area (Å²) in [5.74, 6) is 0.179. The first-order chi connectivity index (χ1) is 12.5.